The SMILES string of the molecule is C[C@H](N[C@H](C)c1c(F)cccc1F)c1cccc(N2CCCC2)c1. The standard InChI is InChI=1S/C20H24F2N2/c1-14(23-15(2)20-18(21)9-6-10-19(20)22)16-7-5-8-17(13-16)24-11-3-4-12-24/h5-10,13-15,23H,3-4,11-12H2,1-2H3/t14-,15+/m0/s1. The minimum absolute atomic E-state index is 0.00144. The molecule has 0 saturated carbocycles. The zero-order chi connectivity index (χ0) is 17.1. The van der Waals surface area contributed by atoms with Gasteiger partial charge in [0.25, 0.3) is 0 Å². The van der Waals surface area contributed by atoms with E-state index in [1.165, 1.54) is 36.7 Å². The summed E-state index contributed by atoms with van der Waals surface area (Å²) < 4.78 is 27.9. The predicted molar refractivity (Wildman–Crippen MR) is 94.2 cm³/mol. The van der Waals surface area contributed by atoms with E-state index in [-0.39, 0.29) is 11.6 Å². The van der Waals surface area contributed by atoms with Crippen molar-refractivity contribution in [1.82, 2.24) is 5.32 Å². The molecule has 1 aliphatic heterocycles. The minimum Gasteiger partial charge on any atom is -0.372 e. The molecule has 2 atom stereocenters. The zero-order valence-electron chi connectivity index (χ0n) is 14.2. The van der Waals surface area contributed by atoms with Crippen LogP contribution in [0.2, 0.25) is 0 Å². The molecule has 1 fully saturated rings. The summed E-state index contributed by atoms with van der Waals surface area (Å²) in [5, 5.41) is 3.31. The molecule has 2 nitrogen and oxygen atoms in total. The van der Waals surface area contributed by atoms with E-state index in [2.05, 4.69) is 34.5 Å². The van der Waals surface area contributed by atoms with E-state index in [4.69, 9.17) is 0 Å². The van der Waals surface area contributed by atoms with Crippen molar-refractivity contribution in [2.75, 3.05) is 18.0 Å². The molecule has 128 valence electrons. The number of anilines is 1. The van der Waals surface area contributed by atoms with Gasteiger partial charge in [-0.15, -0.1) is 0 Å². The van der Waals surface area contributed by atoms with E-state index in [9.17, 15) is 8.78 Å². The first-order chi connectivity index (χ1) is 11.6. The second-order valence-corrected chi connectivity index (χ2v) is 6.53. The Morgan fingerprint density at radius 3 is 2.21 bits per heavy atom. The largest absolute Gasteiger partial charge is 0.372 e. The van der Waals surface area contributed by atoms with Gasteiger partial charge in [-0.2, -0.15) is 0 Å². The topological polar surface area (TPSA) is 15.3 Å². The van der Waals surface area contributed by atoms with Crippen molar-refractivity contribution < 1.29 is 8.78 Å². The van der Waals surface area contributed by atoms with Gasteiger partial charge in [0.1, 0.15) is 11.6 Å². The van der Waals surface area contributed by atoms with E-state index in [0.29, 0.717) is 0 Å². The Hall–Kier alpha value is -1.94. The number of nitrogens with zero attached hydrogens (tertiary/aromatic N) is 1. The highest BCUT2D eigenvalue weighted by molar-refractivity contribution is 5.49. The normalized spacial score (nSPS) is 17.1. The molecule has 1 aliphatic rings. The van der Waals surface area contributed by atoms with Crippen molar-refractivity contribution in [1.29, 1.82) is 0 Å². The van der Waals surface area contributed by atoms with Crippen molar-refractivity contribution in [3.8, 4) is 0 Å². The number of hydrogen-bond acceptors (Lipinski definition) is 2. The quantitative estimate of drug-likeness (QED) is 0.832. The van der Waals surface area contributed by atoms with Gasteiger partial charge in [0.15, 0.2) is 0 Å². The van der Waals surface area contributed by atoms with Gasteiger partial charge < -0.3 is 10.2 Å². The minimum atomic E-state index is -0.506. The van der Waals surface area contributed by atoms with Gasteiger partial charge >= 0.3 is 0 Å². The molecule has 0 aliphatic carbocycles. The van der Waals surface area contributed by atoms with Crippen molar-refractivity contribution in [2.24, 2.45) is 0 Å². The first kappa shape index (κ1) is 16.9. The lowest BCUT2D eigenvalue weighted by Crippen LogP contribution is -2.24. The molecule has 1 N–H and O–H groups in total. The Kier molecular flexibility index (Phi) is 5.14. The third kappa shape index (κ3) is 3.59. The molecule has 1 heterocycles. The average molecular weight is 330 g/mol. The number of rotatable bonds is 5. The van der Waals surface area contributed by atoms with E-state index >= 15 is 0 Å². The van der Waals surface area contributed by atoms with Crippen LogP contribution in [0, 0.1) is 11.6 Å². The van der Waals surface area contributed by atoms with Gasteiger partial charge in [0.2, 0.25) is 0 Å². The highest BCUT2D eigenvalue weighted by atomic mass is 19.1. The monoisotopic (exact) mass is 330 g/mol. The Morgan fingerprint density at radius 1 is 0.917 bits per heavy atom. The lowest BCUT2D eigenvalue weighted by molar-refractivity contribution is 0.450. The highest BCUT2D eigenvalue weighted by Crippen LogP contribution is 2.27. The molecule has 0 amide bonds. The van der Waals surface area contributed by atoms with Crippen LogP contribution in [0.5, 0.6) is 0 Å². The van der Waals surface area contributed by atoms with Crippen LogP contribution in [-0.4, -0.2) is 13.1 Å². The van der Waals surface area contributed by atoms with Crippen molar-refractivity contribution in [3.05, 3.63) is 65.2 Å². The van der Waals surface area contributed by atoms with Crippen LogP contribution >= 0.6 is 0 Å². The van der Waals surface area contributed by atoms with Crippen molar-refractivity contribution in [2.45, 2.75) is 38.8 Å². The Balaban J connectivity index is 1.74. The number of nitrogens with one attached hydrogen (secondary N) is 1. The molecule has 3 rings (SSSR count). The molecule has 1 saturated heterocycles. The first-order valence-corrected chi connectivity index (χ1v) is 8.61. The van der Waals surface area contributed by atoms with Crippen LogP contribution in [0.4, 0.5) is 14.5 Å². The van der Waals surface area contributed by atoms with E-state index in [1.54, 1.807) is 6.92 Å². The summed E-state index contributed by atoms with van der Waals surface area (Å²) in [4.78, 5) is 2.39. The third-order valence-corrected chi connectivity index (χ3v) is 4.77. The van der Waals surface area contributed by atoms with Gasteiger partial charge in [-0.1, -0.05) is 18.2 Å². The van der Waals surface area contributed by atoms with Crippen LogP contribution in [0.15, 0.2) is 42.5 Å². The Bertz CT molecular complexity index is 676. The first-order valence-electron chi connectivity index (χ1n) is 8.61. The summed E-state index contributed by atoms with van der Waals surface area (Å²) in [5.41, 5.74) is 2.45. The second-order valence-electron chi connectivity index (χ2n) is 6.53. The maximum absolute atomic E-state index is 13.9. The molecular formula is C20H24F2N2. The molecule has 24 heavy (non-hydrogen) atoms. The van der Waals surface area contributed by atoms with Crippen molar-refractivity contribution >= 4 is 5.69 Å². The fraction of sp³-hybridized carbons (Fsp3) is 0.400. The zero-order valence-corrected chi connectivity index (χ0v) is 14.2. The summed E-state index contributed by atoms with van der Waals surface area (Å²) in [7, 11) is 0. The third-order valence-electron chi connectivity index (χ3n) is 4.77. The van der Waals surface area contributed by atoms with Gasteiger partial charge in [-0.3, -0.25) is 0 Å². The Labute approximate surface area is 142 Å². The van der Waals surface area contributed by atoms with E-state index in [1.807, 2.05) is 6.92 Å². The number of halogens is 2. The van der Waals surface area contributed by atoms with Crippen LogP contribution < -0.4 is 10.2 Å². The van der Waals surface area contributed by atoms with Crippen LogP contribution in [0.3, 0.4) is 0 Å². The molecule has 0 aromatic heterocycles. The van der Waals surface area contributed by atoms with E-state index < -0.39 is 17.7 Å². The highest BCUT2D eigenvalue weighted by Gasteiger charge is 2.19. The molecule has 0 unspecified atom stereocenters. The maximum atomic E-state index is 13.9. The summed E-state index contributed by atoms with van der Waals surface area (Å²) in [5.74, 6) is -1.01. The molecule has 0 radical (unpaired) electrons. The van der Waals surface area contributed by atoms with Crippen LogP contribution in [0.25, 0.3) is 0 Å². The van der Waals surface area contributed by atoms with Crippen molar-refractivity contribution in [3.63, 3.8) is 0 Å². The molecule has 4 heteroatoms. The lowest BCUT2D eigenvalue weighted by atomic mass is 10.0. The second kappa shape index (κ2) is 7.31. The fourth-order valence-electron chi connectivity index (χ4n) is 3.45. The fourth-order valence-corrected chi connectivity index (χ4v) is 3.45. The smallest absolute Gasteiger partial charge is 0.130 e. The van der Waals surface area contributed by atoms with E-state index in [0.717, 1.165) is 18.7 Å². The van der Waals surface area contributed by atoms with Crippen LogP contribution in [-0.2, 0) is 0 Å². The summed E-state index contributed by atoms with van der Waals surface area (Å²) >= 11 is 0. The lowest BCUT2D eigenvalue weighted by Gasteiger charge is -2.24. The van der Waals surface area contributed by atoms with Gasteiger partial charge in [-0.05, 0) is 56.5 Å². The maximum Gasteiger partial charge on any atom is 0.130 e. The molecule has 2 aromatic carbocycles. The molecule has 2 aromatic rings. The number of hydrogen-bond donors (Lipinski definition) is 1. The summed E-state index contributed by atoms with van der Waals surface area (Å²) in [6.07, 6.45) is 2.48. The van der Waals surface area contributed by atoms with Gasteiger partial charge in [0, 0.05) is 36.4 Å². The predicted octanol–water partition coefficient (Wildman–Crippen LogP) is 4.98. The summed E-state index contributed by atoms with van der Waals surface area (Å²) in [6, 6.07) is 12.0. The number of benzene rings is 2. The van der Waals surface area contributed by atoms with Gasteiger partial charge in [0.05, 0.1) is 0 Å². The molecule has 0 bridgehead atoms. The Morgan fingerprint density at radius 2 is 1.54 bits per heavy atom. The molecular weight excluding hydrogens is 306 g/mol. The average Bonchev–Trinajstić information content (AvgIpc) is 3.09. The van der Waals surface area contributed by atoms with Crippen LogP contribution in [0.1, 0.15) is 49.9 Å². The van der Waals surface area contributed by atoms with Gasteiger partial charge in [-0.25, -0.2) is 8.78 Å². The summed E-state index contributed by atoms with van der Waals surface area (Å²) in [6.45, 7) is 6.02. The molecule has 0 spiro atoms.